The number of rotatable bonds is 2. The van der Waals surface area contributed by atoms with Gasteiger partial charge in [0.05, 0.1) is 5.56 Å². The second-order valence-electron chi connectivity index (χ2n) is 2.15. The van der Waals surface area contributed by atoms with E-state index in [0.717, 1.165) is 0 Å². The molecule has 1 heterocycles. The van der Waals surface area contributed by atoms with E-state index < -0.39 is 6.43 Å². The van der Waals surface area contributed by atoms with Crippen LogP contribution in [0.15, 0.2) is 10.5 Å². The van der Waals surface area contributed by atoms with E-state index in [1.165, 1.54) is 6.07 Å². The molecule has 0 bridgehead atoms. The van der Waals surface area contributed by atoms with Crippen molar-refractivity contribution in [2.45, 2.75) is 6.43 Å². The molecule has 1 aromatic rings. The van der Waals surface area contributed by atoms with Crippen molar-refractivity contribution in [1.29, 1.82) is 0 Å². The fraction of sp³-hybridized carbons (Fsp3) is 0.143. The Kier molecular flexibility index (Phi) is 3.72. The minimum atomic E-state index is -2.57. The molecule has 13 heavy (non-hydrogen) atoms. The number of aldehydes is 1. The normalized spacial score (nSPS) is 10.5. The Morgan fingerprint density at radius 3 is 2.69 bits per heavy atom. The van der Waals surface area contributed by atoms with Crippen molar-refractivity contribution in [3.8, 4) is 0 Å². The number of hydrogen-bond donors (Lipinski definition) is 0. The van der Waals surface area contributed by atoms with E-state index >= 15 is 0 Å². The minimum Gasteiger partial charge on any atom is -0.296 e. The van der Waals surface area contributed by atoms with Crippen LogP contribution < -0.4 is 0 Å². The number of carbonyl (C=O) groups excluding carboxylic acids is 1. The highest BCUT2D eigenvalue weighted by molar-refractivity contribution is 14.1. The van der Waals surface area contributed by atoms with Gasteiger partial charge in [-0.25, -0.2) is 13.8 Å². The second kappa shape index (κ2) is 4.41. The maximum absolute atomic E-state index is 12.3. The Morgan fingerprint density at radius 1 is 1.62 bits per heavy atom. The van der Waals surface area contributed by atoms with Gasteiger partial charge >= 0.3 is 0 Å². The fourth-order valence-electron chi connectivity index (χ4n) is 0.729. The molecule has 0 amide bonds. The van der Waals surface area contributed by atoms with Crippen LogP contribution in [0.3, 0.4) is 0 Å². The van der Waals surface area contributed by atoms with Crippen LogP contribution in [-0.2, 0) is 0 Å². The first kappa shape index (κ1) is 11.0. The summed E-state index contributed by atoms with van der Waals surface area (Å²) in [5.41, 5.74) is -0.0353. The van der Waals surface area contributed by atoms with Crippen LogP contribution >= 0.6 is 38.5 Å². The Balaban J connectivity index is 3.28. The third kappa shape index (κ3) is 2.43. The quantitative estimate of drug-likeness (QED) is 0.460. The third-order valence-electron chi connectivity index (χ3n) is 1.33. The van der Waals surface area contributed by atoms with Gasteiger partial charge in [0.1, 0.15) is 9.39 Å². The standard InChI is InChI=1S/C7H3BrF2INO/c8-4-1-3(6(9)10)7(11)12-5(4)2-13/h1-2,6H. The Morgan fingerprint density at radius 2 is 2.23 bits per heavy atom. The summed E-state index contributed by atoms with van der Waals surface area (Å²) < 4.78 is 25.0. The maximum Gasteiger partial charge on any atom is 0.266 e. The largest absolute Gasteiger partial charge is 0.296 e. The lowest BCUT2D eigenvalue weighted by atomic mass is 10.2. The number of nitrogens with zero attached hydrogens (tertiary/aromatic N) is 1. The van der Waals surface area contributed by atoms with Crippen LogP contribution in [0, 0.1) is 3.70 Å². The first-order chi connectivity index (χ1) is 6.06. The zero-order valence-electron chi connectivity index (χ0n) is 6.10. The topological polar surface area (TPSA) is 30.0 Å². The van der Waals surface area contributed by atoms with Gasteiger partial charge in [0.25, 0.3) is 6.43 Å². The molecule has 70 valence electrons. The van der Waals surface area contributed by atoms with Crippen LogP contribution in [0.4, 0.5) is 8.78 Å². The highest BCUT2D eigenvalue weighted by Gasteiger charge is 2.15. The molecule has 0 aliphatic heterocycles. The van der Waals surface area contributed by atoms with Gasteiger partial charge < -0.3 is 0 Å². The number of carbonyl (C=O) groups is 1. The van der Waals surface area contributed by atoms with E-state index in [1.54, 1.807) is 22.6 Å². The highest BCUT2D eigenvalue weighted by Crippen LogP contribution is 2.27. The van der Waals surface area contributed by atoms with Crippen LogP contribution in [-0.4, -0.2) is 11.3 Å². The van der Waals surface area contributed by atoms with Crippen molar-refractivity contribution in [3.63, 3.8) is 0 Å². The summed E-state index contributed by atoms with van der Waals surface area (Å²) >= 11 is 4.65. The number of alkyl halides is 2. The minimum absolute atomic E-state index is 0.133. The average Bonchev–Trinajstić information content (AvgIpc) is 2.07. The molecule has 1 aromatic heterocycles. The summed E-state index contributed by atoms with van der Waals surface area (Å²) in [5, 5.41) is 0. The number of halogens is 4. The number of hydrogen-bond acceptors (Lipinski definition) is 2. The second-order valence-corrected chi connectivity index (χ2v) is 4.03. The molecule has 0 radical (unpaired) electrons. The lowest BCUT2D eigenvalue weighted by Crippen LogP contribution is -1.98. The van der Waals surface area contributed by atoms with E-state index in [0.29, 0.717) is 10.8 Å². The first-order valence-electron chi connectivity index (χ1n) is 3.15. The predicted octanol–water partition coefficient (Wildman–Crippen LogP) is 3.20. The highest BCUT2D eigenvalue weighted by atomic mass is 127. The number of pyridine rings is 1. The van der Waals surface area contributed by atoms with Gasteiger partial charge in [0, 0.05) is 4.47 Å². The molecule has 0 saturated heterocycles. The fourth-order valence-corrected chi connectivity index (χ4v) is 1.81. The molecular formula is C7H3BrF2INO. The summed E-state index contributed by atoms with van der Waals surface area (Å²) in [6.45, 7) is 0. The molecule has 0 spiro atoms. The summed E-state index contributed by atoms with van der Waals surface area (Å²) in [6.07, 6.45) is -2.06. The molecule has 0 unspecified atom stereocenters. The van der Waals surface area contributed by atoms with Crippen molar-refractivity contribution in [3.05, 3.63) is 25.5 Å². The molecule has 0 fully saturated rings. The lowest BCUT2D eigenvalue weighted by Gasteiger charge is -2.04. The maximum atomic E-state index is 12.3. The summed E-state index contributed by atoms with van der Waals surface area (Å²) in [7, 11) is 0. The van der Waals surface area contributed by atoms with E-state index in [-0.39, 0.29) is 15.0 Å². The Hall–Kier alpha value is -0.110. The van der Waals surface area contributed by atoms with Crippen molar-refractivity contribution in [1.82, 2.24) is 4.98 Å². The lowest BCUT2D eigenvalue weighted by molar-refractivity contribution is 0.111. The smallest absolute Gasteiger partial charge is 0.266 e. The molecule has 6 heteroatoms. The van der Waals surface area contributed by atoms with Gasteiger partial charge in [-0.05, 0) is 44.6 Å². The van der Waals surface area contributed by atoms with E-state index in [9.17, 15) is 13.6 Å². The van der Waals surface area contributed by atoms with Gasteiger partial charge in [-0.3, -0.25) is 4.79 Å². The van der Waals surface area contributed by atoms with Gasteiger partial charge in [0.15, 0.2) is 6.29 Å². The van der Waals surface area contributed by atoms with Crippen LogP contribution in [0.1, 0.15) is 22.5 Å². The first-order valence-corrected chi connectivity index (χ1v) is 5.02. The summed E-state index contributed by atoms with van der Waals surface area (Å²) in [6, 6.07) is 1.21. The van der Waals surface area contributed by atoms with Crippen molar-refractivity contribution in [2.24, 2.45) is 0 Å². The van der Waals surface area contributed by atoms with Crippen molar-refractivity contribution < 1.29 is 13.6 Å². The monoisotopic (exact) mass is 361 g/mol. The Bertz CT molecular complexity index is 346. The molecule has 0 aromatic carbocycles. The molecular weight excluding hydrogens is 359 g/mol. The van der Waals surface area contributed by atoms with E-state index in [1.807, 2.05) is 0 Å². The van der Waals surface area contributed by atoms with E-state index in [4.69, 9.17) is 0 Å². The molecule has 0 aliphatic rings. The van der Waals surface area contributed by atoms with Crippen LogP contribution in [0.5, 0.6) is 0 Å². The van der Waals surface area contributed by atoms with Gasteiger partial charge in [-0.2, -0.15) is 0 Å². The molecule has 0 saturated carbocycles. The van der Waals surface area contributed by atoms with E-state index in [2.05, 4.69) is 20.9 Å². The Labute approximate surface area is 95.0 Å². The van der Waals surface area contributed by atoms with Crippen LogP contribution in [0.25, 0.3) is 0 Å². The molecule has 1 rings (SSSR count). The summed E-state index contributed by atoms with van der Waals surface area (Å²) in [5.74, 6) is 0. The average molecular weight is 362 g/mol. The molecule has 0 N–H and O–H groups in total. The van der Waals surface area contributed by atoms with Crippen molar-refractivity contribution >= 4 is 44.8 Å². The molecule has 0 atom stereocenters. The molecule has 0 aliphatic carbocycles. The molecule has 2 nitrogen and oxygen atoms in total. The SMILES string of the molecule is O=Cc1nc(I)c(C(F)F)cc1Br. The van der Waals surface area contributed by atoms with Gasteiger partial charge in [0.2, 0.25) is 0 Å². The number of aromatic nitrogens is 1. The predicted molar refractivity (Wildman–Crippen MR) is 55.0 cm³/mol. The third-order valence-corrected chi connectivity index (χ3v) is 2.83. The van der Waals surface area contributed by atoms with Gasteiger partial charge in [-0.15, -0.1) is 0 Å². The summed E-state index contributed by atoms with van der Waals surface area (Å²) in [4.78, 5) is 14.1. The zero-order chi connectivity index (χ0) is 10.0. The van der Waals surface area contributed by atoms with Crippen molar-refractivity contribution in [2.75, 3.05) is 0 Å². The van der Waals surface area contributed by atoms with Gasteiger partial charge in [-0.1, -0.05) is 0 Å². The van der Waals surface area contributed by atoms with Crippen LogP contribution in [0.2, 0.25) is 0 Å². The zero-order valence-corrected chi connectivity index (χ0v) is 9.84.